The summed E-state index contributed by atoms with van der Waals surface area (Å²) in [5.74, 6) is 0.733. The molecular weight excluding hydrogens is 430 g/mol. The monoisotopic (exact) mass is 465 g/mol. The number of rotatable bonds is 4. The van der Waals surface area contributed by atoms with Gasteiger partial charge in [0, 0.05) is 43.5 Å². The summed E-state index contributed by atoms with van der Waals surface area (Å²) in [4.78, 5) is 34.2. The van der Waals surface area contributed by atoms with Crippen LogP contribution in [-0.2, 0) is 16.0 Å². The highest BCUT2D eigenvalue weighted by atomic mass is 32.1. The maximum Gasteiger partial charge on any atom is 0.236 e. The van der Waals surface area contributed by atoms with E-state index in [4.69, 9.17) is 0 Å². The van der Waals surface area contributed by atoms with Crippen molar-refractivity contribution in [3.8, 4) is 0 Å². The number of amides is 2. The van der Waals surface area contributed by atoms with Gasteiger partial charge in [0.25, 0.3) is 0 Å². The summed E-state index contributed by atoms with van der Waals surface area (Å²) in [5.41, 5.74) is 2.61. The molecule has 5 rings (SSSR count). The Morgan fingerprint density at radius 2 is 1.61 bits per heavy atom. The predicted molar refractivity (Wildman–Crippen MR) is 132 cm³/mol. The van der Waals surface area contributed by atoms with E-state index in [2.05, 4.69) is 40.6 Å². The van der Waals surface area contributed by atoms with Crippen molar-refractivity contribution in [3.63, 3.8) is 0 Å². The fraction of sp³-hybridized carbons (Fsp3) is 0.556. The van der Waals surface area contributed by atoms with Gasteiger partial charge in [-0.15, -0.1) is 11.3 Å². The average molecular weight is 466 g/mol. The Hall–Kier alpha value is -2.18. The zero-order valence-electron chi connectivity index (χ0n) is 19.5. The molecule has 1 aromatic heterocycles. The van der Waals surface area contributed by atoms with Gasteiger partial charge in [0.15, 0.2) is 0 Å². The minimum Gasteiger partial charge on any atom is -0.341 e. The minimum absolute atomic E-state index is 0.140. The highest BCUT2D eigenvalue weighted by Gasteiger charge is 2.33. The molecule has 5 nitrogen and oxygen atoms in total. The van der Waals surface area contributed by atoms with E-state index in [-0.39, 0.29) is 17.9 Å². The first-order chi connectivity index (χ1) is 16.2. The average Bonchev–Trinajstić information content (AvgIpc) is 3.20. The largest absolute Gasteiger partial charge is 0.341 e. The van der Waals surface area contributed by atoms with Gasteiger partial charge in [-0.2, -0.15) is 0 Å². The van der Waals surface area contributed by atoms with Crippen LogP contribution in [0.4, 0.5) is 0 Å². The van der Waals surface area contributed by atoms with Crippen LogP contribution in [0, 0.1) is 5.92 Å². The molecule has 1 unspecified atom stereocenters. The van der Waals surface area contributed by atoms with Crippen molar-refractivity contribution >= 4 is 23.2 Å². The SMILES string of the molecule is O=C(CN1CCc2sccc2C1c1ccccc1)N1CCCN(C(=O)C2CCCCC2)CC1. The molecule has 0 N–H and O–H groups in total. The van der Waals surface area contributed by atoms with Crippen LogP contribution in [0.5, 0.6) is 0 Å². The molecular formula is C27H35N3O2S. The summed E-state index contributed by atoms with van der Waals surface area (Å²) in [6.45, 7) is 4.21. The Bertz CT molecular complexity index is 953. The van der Waals surface area contributed by atoms with Crippen LogP contribution in [-0.4, -0.2) is 65.8 Å². The Labute approximate surface area is 201 Å². The summed E-state index contributed by atoms with van der Waals surface area (Å²) < 4.78 is 0. The molecule has 1 saturated heterocycles. The van der Waals surface area contributed by atoms with Gasteiger partial charge in [0.1, 0.15) is 0 Å². The number of nitrogens with zero attached hydrogens (tertiary/aromatic N) is 3. The van der Waals surface area contributed by atoms with E-state index in [0.29, 0.717) is 25.5 Å². The van der Waals surface area contributed by atoms with Crippen molar-refractivity contribution in [2.45, 2.75) is 51.0 Å². The lowest BCUT2D eigenvalue weighted by Crippen LogP contribution is -2.46. The zero-order valence-corrected chi connectivity index (χ0v) is 20.3. The molecule has 176 valence electrons. The third kappa shape index (κ3) is 5.02. The van der Waals surface area contributed by atoms with Gasteiger partial charge in [0.05, 0.1) is 12.6 Å². The molecule has 0 spiro atoms. The van der Waals surface area contributed by atoms with Crippen molar-refractivity contribution < 1.29 is 9.59 Å². The number of carbonyl (C=O) groups excluding carboxylic acids is 2. The van der Waals surface area contributed by atoms with E-state index in [9.17, 15) is 9.59 Å². The molecule has 3 heterocycles. The van der Waals surface area contributed by atoms with Gasteiger partial charge in [-0.05, 0) is 48.3 Å². The van der Waals surface area contributed by atoms with Crippen LogP contribution in [0.25, 0.3) is 0 Å². The van der Waals surface area contributed by atoms with Crippen molar-refractivity contribution in [3.05, 3.63) is 57.8 Å². The molecule has 2 aromatic rings. The van der Waals surface area contributed by atoms with Crippen LogP contribution in [0.2, 0.25) is 0 Å². The highest BCUT2D eigenvalue weighted by Crippen LogP contribution is 2.37. The van der Waals surface area contributed by atoms with E-state index < -0.39 is 0 Å². The Kier molecular flexibility index (Phi) is 7.12. The second-order valence-electron chi connectivity index (χ2n) is 9.73. The number of carbonyl (C=O) groups is 2. The fourth-order valence-electron chi connectivity index (χ4n) is 5.83. The molecule has 2 fully saturated rings. The maximum atomic E-state index is 13.4. The summed E-state index contributed by atoms with van der Waals surface area (Å²) >= 11 is 1.83. The fourth-order valence-corrected chi connectivity index (χ4v) is 6.74. The van der Waals surface area contributed by atoms with Gasteiger partial charge in [-0.25, -0.2) is 0 Å². The zero-order chi connectivity index (χ0) is 22.6. The second-order valence-corrected chi connectivity index (χ2v) is 10.7. The van der Waals surface area contributed by atoms with Crippen molar-refractivity contribution in [1.82, 2.24) is 14.7 Å². The third-order valence-corrected chi connectivity index (χ3v) is 8.63. The normalized spacial score (nSPS) is 22.6. The lowest BCUT2D eigenvalue weighted by atomic mass is 9.88. The first kappa shape index (κ1) is 22.6. The third-order valence-electron chi connectivity index (χ3n) is 7.63. The molecule has 33 heavy (non-hydrogen) atoms. The summed E-state index contributed by atoms with van der Waals surface area (Å²) in [5, 5.41) is 2.18. The molecule has 0 bridgehead atoms. The standard InChI is InChI=1S/C27H35N3O2S/c31-25(28-14-7-15-29(18-17-28)27(32)22-10-5-2-6-11-22)20-30-16-12-24-23(13-19-33-24)26(30)21-8-3-1-4-9-21/h1,3-4,8-9,13,19,22,26H,2,5-7,10-12,14-18,20H2. The van der Waals surface area contributed by atoms with E-state index in [1.165, 1.54) is 35.3 Å². The Morgan fingerprint density at radius 3 is 2.42 bits per heavy atom. The molecule has 1 aliphatic carbocycles. The van der Waals surface area contributed by atoms with Crippen LogP contribution < -0.4 is 0 Å². The minimum atomic E-state index is 0.140. The lowest BCUT2D eigenvalue weighted by Gasteiger charge is -2.37. The predicted octanol–water partition coefficient (Wildman–Crippen LogP) is 4.34. The second kappa shape index (κ2) is 10.4. The molecule has 1 saturated carbocycles. The topological polar surface area (TPSA) is 43.9 Å². The van der Waals surface area contributed by atoms with E-state index in [0.717, 1.165) is 45.3 Å². The first-order valence-corrected chi connectivity index (χ1v) is 13.5. The molecule has 1 aromatic carbocycles. The van der Waals surface area contributed by atoms with E-state index in [1.807, 2.05) is 27.2 Å². The van der Waals surface area contributed by atoms with Gasteiger partial charge in [-0.3, -0.25) is 14.5 Å². The molecule has 0 radical (unpaired) electrons. The molecule has 2 aliphatic heterocycles. The molecule has 1 atom stereocenters. The van der Waals surface area contributed by atoms with E-state index in [1.54, 1.807) is 0 Å². The summed E-state index contributed by atoms with van der Waals surface area (Å²) in [6, 6.07) is 12.9. The quantitative estimate of drug-likeness (QED) is 0.675. The van der Waals surface area contributed by atoms with Crippen LogP contribution >= 0.6 is 11.3 Å². The molecule has 6 heteroatoms. The van der Waals surface area contributed by atoms with E-state index >= 15 is 0 Å². The molecule has 3 aliphatic rings. The number of hydrogen-bond acceptors (Lipinski definition) is 4. The maximum absolute atomic E-state index is 13.4. The number of thiophene rings is 1. The Balaban J connectivity index is 1.24. The van der Waals surface area contributed by atoms with Gasteiger partial charge >= 0.3 is 0 Å². The van der Waals surface area contributed by atoms with Crippen LogP contribution in [0.1, 0.15) is 60.6 Å². The number of benzene rings is 1. The number of fused-ring (bicyclic) bond motifs is 1. The van der Waals surface area contributed by atoms with Crippen molar-refractivity contribution in [2.24, 2.45) is 5.92 Å². The Morgan fingerprint density at radius 1 is 0.848 bits per heavy atom. The smallest absolute Gasteiger partial charge is 0.236 e. The highest BCUT2D eigenvalue weighted by molar-refractivity contribution is 7.10. The van der Waals surface area contributed by atoms with Gasteiger partial charge in [-0.1, -0.05) is 49.6 Å². The van der Waals surface area contributed by atoms with Gasteiger partial charge < -0.3 is 9.80 Å². The lowest BCUT2D eigenvalue weighted by molar-refractivity contribution is -0.137. The van der Waals surface area contributed by atoms with Crippen LogP contribution in [0.15, 0.2) is 41.8 Å². The van der Waals surface area contributed by atoms with Crippen molar-refractivity contribution in [1.29, 1.82) is 0 Å². The summed E-state index contributed by atoms with van der Waals surface area (Å²) in [6.07, 6.45) is 7.59. The number of hydrogen-bond donors (Lipinski definition) is 0. The van der Waals surface area contributed by atoms with Gasteiger partial charge in [0.2, 0.25) is 11.8 Å². The van der Waals surface area contributed by atoms with Crippen molar-refractivity contribution in [2.75, 3.05) is 39.3 Å². The van der Waals surface area contributed by atoms with Crippen LogP contribution in [0.3, 0.4) is 0 Å². The molecule has 2 amide bonds. The first-order valence-electron chi connectivity index (χ1n) is 12.6. The summed E-state index contributed by atoms with van der Waals surface area (Å²) in [7, 11) is 0.